The van der Waals surface area contributed by atoms with Crippen LogP contribution < -0.4 is 0 Å². The number of carbonyl (C=O) groups is 1. The van der Waals surface area contributed by atoms with Crippen molar-refractivity contribution in [1.29, 1.82) is 0 Å². The topological polar surface area (TPSA) is 32.8 Å². The summed E-state index contributed by atoms with van der Waals surface area (Å²) in [4.78, 5) is 17.6. The molecule has 1 aromatic rings. The maximum absolute atomic E-state index is 13.0. The van der Waals surface area contributed by atoms with Gasteiger partial charge in [0.15, 0.2) is 0 Å². The van der Waals surface area contributed by atoms with Gasteiger partial charge in [-0.05, 0) is 25.3 Å². The minimum atomic E-state index is 0.292. The zero-order valence-electron chi connectivity index (χ0n) is 14.9. The van der Waals surface area contributed by atoms with Gasteiger partial charge in [-0.3, -0.25) is 9.69 Å². The van der Waals surface area contributed by atoms with E-state index in [-0.39, 0.29) is 0 Å². The third-order valence-corrected chi connectivity index (χ3v) is 5.21. The molecule has 0 N–H and O–H groups in total. The fourth-order valence-electron chi connectivity index (χ4n) is 3.88. The van der Waals surface area contributed by atoms with E-state index in [9.17, 15) is 4.79 Å². The summed E-state index contributed by atoms with van der Waals surface area (Å²) >= 11 is 0. The first kappa shape index (κ1) is 17.4. The summed E-state index contributed by atoms with van der Waals surface area (Å²) in [5, 5.41) is 0. The monoisotopic (exact) mass is 330 g/mol. The molecule has 2 aliphatic rings. The van der Waals surface area contributed by atoms with E-state index >= 15 is 0 Å². The van der Waals surface area contributed by atoms with Crippen LogP contribution in [0.4, 0.5) is 0 Å². The summed E-state index contributed by atoms with van der Waals surface area (Å²) in [6.45, 7) is 7.64. The largest absolute Gasteiger partial charge is 0.379 e. The van der Waals surface area contributed by atoms with E-state index in [1.54, 1.807) is 0 Å². The summed E-state index contributed by atoms with van der Waals surface area (Å²) in [5.41, 5.74) is 2.36. The SMILES string of the molecule is Cc1cccc(CC(=O)N2CCCCCC2CN2CCOCC2)c1. The first-order valence-corrected chi connectivity index (χ1v) is 9.37. The highest BCUT2D eigenvalue weighted by atomic mass is 16.5. The molecule has 0 aliphatic carbocycles. The first-order valence-electron chi connectivity index (χ1n) is 9.37. The molecule has 2 saturated heterocycles. The van der Waals surface area contributed by atoms with Gasteiger partial charge >= 0.3 is 0 Å². The fraction of sp³-hybridized carbons (Fsp3) is 0.650. The Hall–Kier alpha value is -1.39. The predicted molar refractivity (Wildman–Crippen MR) is 96.1 cm³/mol. The van der Waals surface area contributed by atoms with Gasteiger partial charge in [-0.15, -0.1) is 0 Å². The molecule has 24 heavy (non-hydrogen) atoms. The minimum absolute atomic E-state index is 0.292. The molecule has 132 valence electrons. The van der Waals surface area contributed by atoms with E-state index in [2.05, 4.69) is 34.9 Å². The van der Waals surface area contributed by atoms with Crippen molar-refractivity contribution in [2.24, 2.45) is 0 Å². The predicted octanol–water partition coefficient (Wildman–Crippen LogP) is 2.64. The van der Waals surface area contributed by atoms with Crippen molar-refractivity contribution in [3.05, 3.63) is 35.4 Å². The van der Waals surface area contributed by atoms with E-state index in [1.807, 2.05) is 6.07 Å². The van der Waals surface area contributed by atoms with Crippen LogP contribution >= 0.6 is 0 Å². The maximum atomic E-state index is 13.0. The standard InChI is InChI=1S/C20H30N2O2/c1-17-6-5-7-18(14-17)15-20(23)22-9-4-2-3-8-19(22)16-21-10-12-24-13-11-21/h5-7,14,19H,2-4,8-13,15-16H2,1H3. The van der Waals surface area contributed by atoms with Crippen LogP contribution in [-0.4, -0.2) is 61.1 Å². The molecule has 1 unspecified atom stereocenters. The molecule has 2 fully saturated rings. The minimum Gasteiger partial charge on any atom is -0.379 e. The molecule has 0 aromatic heterocycles. The normalized spacial score (nSPS) is 23.0. The Balaban J connectivity index is 1.65. The summed E-state index contributed by atoms with van der Waals surface area (Å²) in [6.07, 6.45) is 5.29. The number of likely N-dealkylation sites (tertiary alicyclic amines) is 1. The molecule has 1 aromatic carbocycles. The second-order valence-corrected chi connectivity index (χ2v) is 7.17. The average molecular weight is 330 g/mol. The molecule has 1 amide bonds. The van der Waals surface area contributed by atoms with Gasteiger partial charge in [-0.2, -0.15) is 0 Å². The summed E-state index contributed by atoms with van der Waals surface area (Å²) < 4.78 is 5.46. The summed E-state index contributed by atoms with van der Waals surface area (Å²) in [7, 11) is 0. The van der Waals surface area contributed by atoms with Crippen molar-refractivity contribution < 1.29 is 9.53 Å². The fourth-order valence-corrected chi connectivity index (χ4v) is 3.88. The number of hydrogen-bond acceptors (Lipinski definition) is 3. The van der Waals surface area contributed by atoms with Gasteiger partial charge in [0.1, 0.15) is 0 Å². The number of carbonyl (C=O) groups excluding carboxylic acids is 1. The molecular formula is C20H30N2O2. The van der Waals surface area contributed by atoms with Crippen molar-refractivity contribution in [3.63, 3.8) is 0 Å². The van der Waals surface area contributed by atoms with Gasteiger partial charge < -0.3 is 9.64 Å². The Morgan fingerprint density at radius 2 is 2.00 bits per heavy atom. The van der Waals surface area contributed by atoms with Crippen molar-refractivity contribution in [1.82, 2.24) is 9.80 Å². The molecule has 2 aliphatic heterocycles. The van der Waals surface area contributed by atoms with Gasteiger partial charge in [0.2, 0.25) is 5.91 Å². The molecule has 0 spiro atoms. The van der Waals surface area contributed by atoms with Crippen molar-refractivity contribution in [2.45, 2.75) is 45.1 Å². The van der Waals surface area contributed by atoms with Crippen LogP contribution in [0.25, 0.3) is 0 Å². The van der Waals surface area contributed by atoms with Crippen LogP contribution in [0.3, 0.4) is 0 Å². The molecule has 3 rings (SSSR count). The zero-order chi connectivity index (χ0) is 16.8. The molecule has 4 nitrogen and oxygen atoms in total. The second kappa shape index (κ2) is 8.63. The van der Waals surface area contributed by atoms with Crippen LogP contribution in [-0.2, 0) is 16.0 Å². The lowest BCUT2D eigenvalue weighted by molar-refractivity contribution is -0.133. The van der Waals surface area contributed by atoms with Gasteiger partial charge in [0, 0.05) is 32.2 Å². The third kappa shape index (κ3) is 4.81. The molecule has 1 atom stereocenters. The quantitative estimate of drug-likeness (QED) is 0.851. The number of ether oxygens (including phenoxy) is 1. The van der Waals surface area contributed by atoms with E-state index in [0.717, 1.165) is 57.8 Å². The summed E-state index contributed by atoms with van der Waals surface area (Å²) in [5.74, 6) is 0.292. The van der Waals surface area contributed by atoms with Crippen molar-refractivity contribution >= 4 is 5.91 Å². The van der Waals surface area contributed by atoms with Gasteiger partial charge in [-0.1, -0.05) is 42.7 Å². The lowest BCUT2D eigenvalue weighted by Gasteiger charge is -2.36. The van der Waals surface area contributed by atoms with Gasteiger partial charge in [-0.25, -0.2) is 0 Å². The Kier molecular flexibility index (Phi) is 6.27. The highest BCUT2D eigenvalue weighted by molar-refractivity contribution is 5.79. The van der Waals surface area contributed by atoms with E-state index in [1.165, 1.54) is 18.4 Å². The van der Waals surface area contributed by atoms with E-state index in [0.29, 0.717) is 18.4 Å². The Morgan fingerprint density at radius 3 is 2.79 bits per heavy atom. The molecule has 0 saturated carbocycles. The first-order chi connectivity index (χ1) is 11.7. The van der Waals surface area contributed by atoms with E-state index in [4.69, 9.17) is 4.74 Å². The molecule has 0 radical (unpaired) electrons. The second-order valence-electron chi connectivity index (χ2n) is 7.17. The number of hydrogen-bond donors (Lipinski definition) is 0. The number of aryl methyl sites for hydroxylation is 1. The lowest BCUT2D eigenvalue weighted by Crippen LogP contribution is -2.49. The summed E-state index contributed by atoms with van der Waals surface area (Å²) in [6, 6.07) is 8.70. The number of rotatable bonds is 4. The lowest BCUT2D eigenvalue weighted by atomic mass is 10.1. The van der Waals surface area contributed by atoms with Crippen LogP contribution in [0.15, 0.2) is 24.3 Å². The van der Waals surface area contributed by atoms with E-state index < -0.39 is 0 Å². The van der Waals surface area contributed by atoms with Crippen LogP contribution in [0, 0.1) is 6.92 Å². The number of amides is 1. The maximum Gasteiger partial charge on any atom is 0.227 e. The highest BCUT2D eigenvalue weighted by Crippen LogP contribution is 2.20. The van der Waals surface area contributed by atoms with Crippen molar-refractivity contribution in [2.75, 3.05) is 39.4 Å². The number of nitrogens with zero attached hydrogens (tertiary/aromatic N) is 2. The third-order valence-electron chi connectivity index (χ3n) is 5.21. The molecule has 0 bridgehead atoms. The number of benzene rings is 1. The zero-order valence-corrected chi connectivity index (χ0v) is 14.9. The smallest absolute Gasteiger partial charge is 0.227 e. The number of morpholine rings is 1. The van der Waals surface area contributed by atoms with Gasteiger partial charge in [0.25, 0.3) is 0 Å². The van der Waals surface area contributed by atoms with Crippen LogP contribution in [0.5, 0.6) is 0 Å². The molecule has 4 heteroatoms. The molecule has 2 heterocycles. The Morgan fingerprint density at radius 1 is 1.17 bits per heavy atom. The Bertz CT molecular complexity index is 540. The van der Waals surface area contributed by atoms with Crippen molar-refractivity contribution in [3.8, 4) is 0 Å². The van der Waals surface area contributed by atoms with Gasteiger partial charge in [0.05, 0.1) is 19.6 Å². The average Bonchev–Trinajstić information content (AvgIpc) is 2.81. The highest BCUT2D eigenvalue weighted by Gasteiger charge is 2.27. The molecular weight excluding hydrogens is 300 g/mol. The Labute approximate surface area is 145 Å². The van der Waals surface area contributed by atoms with Crippen LogP contribution in [0.2, 0.25) is 0 Å². The van der Waals surface area contributed by atoms with Crippen LogP contribution in [0.1, 0.15) is 36.8 Å².